The molecule has 0 fully saturated rings. The summed E-state index contributed by atoms with van der Waals surface area (Å²) in [6, 6.07) is 0. The maximum Gasteiger partial charge on any atom is 0.136 e. The maximum absolute atomic E-state index is 11.8. The number of carbonyl (C=O) groups excluding carboxylic acids is 5. The first kappa shape index (κ1) is 22.4. The quantitative estimate of drug-likeness (QED) is 0.427. The van der Waals surface area contributed by atoms with Gasteiger partial charge in [0.1, 0.15) is 28.9 Å². The minimum atomic E-state index is -0.226. The minimum absolute atomic E-state index is 0.0157. The zero-order valence-corrected chi connectivity index (χ0v) is 15.2. The van der Waals surface area contributed by atoms with E-state index in [1.54, 1.807) is 6.92 Å². The first-order chi connectivity index (χ1) is 11.3. The van der Waals surface area contributed by atoms with E-state index < -0.39 is 0 Å². The molecule has 0 aromatic carbocycles. The van der Waals surface area contributed by atoms with E-state index in [1.807, 2.05) is 0 Å². The Kier molecular flexibility index (Phi) is 11.9. The molecule has 0 saturated heterocycles. The Hall–Kier alpha value is -1.65. The van der Waals surface area contributed by atoms with Crippen molar-refractivity contribution in [2.75, 3.05) is 0 Å². The van der Waals surface area contributed by atoms with E-state index in [4.69, 9.17) is 0 Å². The third-order valence-corrected chi connectivity index (χ3v) is 4.03. The second kappa shape index (κ2) is 12.7. The van der Waals surface area contributed by atoms with E-state index in [2.05, 4.69) is 0 Å². The molecule has 0 rings (SSSR count). The predicted octanol–water partition coefficient (Wildman–Crippen LogP) is 3.41. The average molecular weight is 338 g/mol. The van der Waals surface area contributed by atoms with Crippen molar-refractivity contribution in [1.82, 2.24) is 0 Å². The van der Waals surface area contributed by atoms with Crippen molar-refractivity contribution in [3.05, 3.63) is 0 Å². The van der Waals surface area contributed by atoms with Gasteiger partial charge in [-0.05, 0) is 26.7 Å². The van der Waals surface area contributed by atoms with Crippen LogP contribution in [0.3, 0.4) is 0 Å². The molecule has 0 aromatic rings. The Labute approximate surface area is 144 Å². The van der Waals surface area contributed by atoms with Crippen molar-refractivity contribution in [2.24, 2.45) is 5.92 Å². The fourth-order valence-corrected chi connectivity index (χ4v) is 2.57. The molecule has 24 heavy (non-hydrogen) atoms. The molecular formula is C19H30O5. The summed E-state index contributed by atoms with van der Waals surface area (Å²) >= 11 is 0. The molecule has 5 heteroatoms. The standard InChI is InChI=1S/C19H30O5/c1-4-19(24)16(13-15(3)21)7-5-6-8-17(22)11-12-18(23)10-9-14(2)20/h16H,4-13H2,1-3H3. The number of carbonyl (C=O) groups is 5. The summed E-state index contributed by atoms with van der Waals surface area (Å²) in [6.45, 7) is 4.73. The molecule has 5 nitrogen and oxygen atoms in total. The molecule has 0 saturated carbocycles. The van der Waals surface area contributed by atoms with E-state index in [1.165, 1.54) is 13.8 Å². The topological polar surface area (TPSA) is 85.3 Å². The molecule has 0 spiro atoms. The van der Waals surface area contributed by atoms with E-state index >= 15 is 0 Å². The van der Waals surface area contributed by atoms with Crippen LogP contribution in [0.1, 0.15) is 85.0 Å². The van der Waals surface area contributed by atoms with Gasteiger partial charge in [-0.25, -0.2) is 0 Å². The van der Waals surface area contributed by atoms with Gasteiger partial charge >= 0.3 is 0 Å². The summed E-state index contributed by atoms with van der Waals surface area (Å²) in [6.07, 6.45) is 4.04. The Morgan fingerprint density at radius 2 is 1.25 bits per heavy atom. The molecule has 0 bridgehead atoms. The lowest BCUT2D eigenvalue weighted by atomic mass is 9.90. The van der Waals surface area contributed by atoms with Gasteiger partial charge in [-0.2, -0.15) is 0 Å². The fraction of sp³-hybridized carbons (Fsp3) is 0.737. The third kappa shape index (κ3) is 11.9. The van der Waals surface area contributed by atoms with Gasteiger partial charge in [-0.15, -0.1) is 0 Å². The molecule has 0 aromatic heterocycles. The highest BCUT2D eigenvalue weighted by atomic mass is 16.1. The monoisotopic (exact) mass is 338 g/mol. The zero-order valence-electron chi connectivity index (χ0n) is 15.2. The van der Waals surface area contributed by atoms with Crippen LogP contribution in [0.2, 0.25) is 0 Å². The third-order valence-electron chi connectivity index (χ3n) is 4.03. The van der Waals surface area contributed by atoms with E-state index in [0.29, 0.717) is 25.7 Å². The van der Waals surface area contributed by atoms with Crippen molar-refractivity contribution in [1.29, 1.82) is 0 Å². The molecule has 0 amide bonds. The van der Waals surface area contributed by atoms with Crippen LogP contribution in [0.4, 0.5) is 0 Å². The predicted molar refractivity (Wildman–Crippen MR) is 91.7 cm³/mol. The van der Waals surface area contributed by atoms with Gasteiger partial charge < -0.3 is 9.59 Å². The Morgan fingerprint density at radius 3 is 1.75 bits per heavy atom. The molecule has 0 heterocycles. The van der Waals surface area contributed by atoms with Gasteiger partial charge in [0, 0.05) is 50.9 Å². The average Bonchev–Trinajstić information content (AvgIpc) is 2.52. The van der Waals surface area contributed by atoms with Crippen LogP contribution in [0.15, 0.2) is 0 Å². The second-order valence-electron chi connectivity index (χ2n) is 6.45. The minimum Gasteiger partial charge on any atom is -0.300 e. The van der Waals surface area contributed by atoms with Crippen molar-refractivity contribution >= 4 is 28.9 Å². The molecule has 136 valence electrons. The van der Waals surface area contributed by atoms with Crippen molar-refractivity contribution in [2.45, 2.75) is 85.0 Å². The second-order valence-corrected chi connectivity index (χ2v) is 6.45. The largest absolute Gasteiger partial charge is 0.300 e. The molecule has 1 unspecified atom stereocenters. The SMILES string of the molecule is CCC(=O)C(CCCCC(=O)CCC(=O)CCC(C)=O)CC(C)=O. The Bertz CT molecular complexity index is 464. The number of hydrogen-bond acceptors (Lipinski definition) is 5. The van der Waals surface area contributed by atoms with Gasteiger partial charge in [0.2, 0.25) is 0 Å². The van der Waals surface area contributed by atoms with Gasteiger partial charge in [-0.3, -0.25) is 14.4 Å². The summed E-state index contributed by atoms with van der Waals surface area (Å²) in [7, 11) is 0. The normalized spacial score (nSPS) is 11.8. The highest BCUT2D eigenvalue weighted by Gasteiger charge is 2.18. The summed E-state index contributed by atoms with van der Waals surface area (Å²) in [5.74, 6) is -0.133. The van der Waals surface area contributed by atoms with Crippen LogP contribution in [0.25, 0.3) is 0 Å². The molecule has 0 N–H and O–H groups in total. The molecule has 0 aliphatic rings. The number of ketones is 5. The van der Waals surface area contributed by atoms with E-state index in [0.717, 1.165) is 6.42 Å². The highest BCUT2D eigenvalue weighted by Crippen LogP contribution is 2.17. The maximum atomic E-state index is 11.8. The van der Waals surface area contributed by atoms with Crippen LogP contribution in [-0.4, -0.2) is 28.9 Å². The lowest BCUT2D eigenvalue weighted by Crippen LogP contribution is -2.16. The number of rotatable bonds is 15. The van der Waals surface area contributed by atoms with Crippen LogP contribution >= 0.6 is 0 Å². The van der Waals surface area contributed by atoms with Crippen LogP contribution in [-0.2, 0) is 24.0 Å². The first-order valence-electron chi connectivity index (χ1n) is 8.81. The smallest absolute Gasteiger partial charge is 0.136 e. The first-order valence-corrected chi connectivity index (χ1v) is 8.81. The fourth-order valence-electron chi connectivity index (χ4n) is 2.57. The summed E-state index contributed by atoms with van der Waals surface area (Å²) in [4.78, 5) is 57.0. The van der Waals surface area contributed by atoms with E-state index in [9.17, 15) is 24.0 Å². The zero-order chi connectivity index (χ0) is 18.5. The van der Waals surface area contributed by atoms with Gasteiger partial charge in [0.15, 0.2) is 0 Å². The van der Waals surface area contributed by atoms with Crippen molar-refractivity contribution in [3.8, 4) is 0 Å². The molecule has 0 radical (unpaired) electrons. The summed E-state index contributed by atoms with van der Waals surface area (Å²) in [5, 5.41) is 0. The van der Waals surface area contributed by atoms with Crippen molar-refractivity contribution < 1.29 is 24.0 Å². The van der Waals surface area contributed by atoms with Crippen molar-refractivity contribution in [3.63, 3.8) is 0 Å². The van der Waals surface area contributed by atoms with Gasteiger partial charge in [0.25, 0.3) is 0 Å². The molecule has 0 aliphatic heterocycles. The van der Waals surface area contributed by atoms with Crippen LogP contribution in [0.5, 0.6) is 0 Å². The van der Waals surface area contributed by atoms with Gasteiger partial charge in [0.05, 0.1) is 0 Å². The van der Waals surface area contributed by atoms with Crippen LogP contribution in [0, 0.1) is 5.92 Å². The van der Waals surface area contributed by atoms with E-state index in [-0.39, 0.29) is 66.9 Å². The lowest BCUT2D eigenvalue weighted by molar-refractivity contribution is -0.127. The number of Topliss-reactive ketones (excluding diaryl/α,β-unsaturated/α-hetero) is 5. The molecular weight excluding hydrogens is 308 g/mol. The summed E-state index contributed by atoms with van der Waals surface area (Å²) < 4.78 is 0. The lowest BCUT2D eigenvalue weighted by Gasteiger charge is -2.13. The molecule has 1 atom stereocenters. The summed E-state index contributed by atoms with van der Waals surface area (Å²) in [5.41, 5.74) is 0. The Balaban J connectivity index is 3.94. The van der Waals surface area contributed by atoms with Gasteiger partial charge in [-0.1, -0.05) is 13.3 Å². The Morgan fingerprint density at radius 1 is 0.708 bits per heavy atom. The number of hydrogen-bond donors (Lipinski definition) is 0. The van der Waals surface area contributed by atoms with Crippen LogP contribution < -0.4 is 0 Å². The number of unbranched alkanes of at least 4 members (excludes halogenated alkanes) is 1. The molecule has 0 aliphatic carbocycles. The highest BCUT2D eigenvalue weighted by molar-refractivity contribution is 5.88.